The molecule has 30 heavy (non-hydrogen) atoms. The van der Waals surface area contributed by atoms with Gasteiger partial charge in [0, 0.05) is 11.3 Å². The first-order chi connectivity index (χ1) is 14.1. The topological polar surface area (TPSA) is 80.4 Å². The second-order valence-electron chi connectivity index (χ2n) is 6.04. The van der Waals surface area contributed by atoms with Crippen LogP contribution in [0.5, 0.6) is 0 Å². The fourth-order valence-corrected chi connectivity index (χ4v) is 3.27. The number of amides is 1. The summed E-state index contributed by atoms with van der Waals surface area (Å²) in [6.45, 7) is 3.68. The van der Waals surface area contributed by atoms with Gasteiger partial charge in [-0.3, -0.25) is 9.79 Å². The highest BCUT2D eigenvalue weighted by Gasteiger charge is 2.36. The van der Waals surface area contributed by atoms with E-state index in [-0.39, 0.29) is 21.6 Å². The van der Waals surface area contributed by atoms with Crippen LogP contribution in [0.3, 0.4) is 0 Å². The molecule has 1 unspecified atom stereocenters. The molecule has 1 heterocycles. The Hall–Kier alpha value is -2.33. The van der Waals surface area contributed by atoms with Crippen LogP contribution < -0.4 is 11.1 Å². The van der Waals surface area contributed by atoms with E-state index >= 15 is 0 Å². The fraction of sp³-hybridized carbons (Fsp3) is 0.316. The van der Waals surface area contributed by atoms with Crippen LogP contribution in [-0.4, -0.2) is 21.8 Å². The van der Waals surface area contributed by atoms with Gasteiger partial charge in [-0.05, 0) is 42.5 Å². The number of pyridine rings is 1. The molecule has 0 aliphatic rings. The zero-order chi connectivity index (χ0) is 22.5. The van der Waals surface area contributed by atoms with Gasteiger partial charge < -0.3 is 11.1 Å². The van der Waals surface area contributed by atoms with Crippen LogP contribution in [0.2, 0.25) is 5.15 Å². The van der Waals surface area contributed by atoms with Gasteiger partial charge in [0.2, 0.25) is 0 Å². The maximum atomic E-state index is 14.4. The van der Waals surface area contributed by atoms with E-state index in [9.17, 15) is 22.4 Å². The molecule has 11 heteroatoms. The number of aliphatic imine (C=N–C) groups is 1. The molecule has 5 nitrogen and oxygen atoms in total. The third-order valence-electron chi connectivity index (χ3n) is 3.96. The van der Waals surface area contributed by atoms with Crippen molar-refractivity contribution in [3.63, 3.8) is 0 Å². The molecule has 1 aromatic heterocycles. The molecule has 0 spiro atoms. The first kappa shape index (κ1) is 23.9. The maximum Gasteiger partial charge on any atom is 0.418 e. The minimum atomic E-state index is -4.80. The summed E-state index contributed by atoms with van der Waals surface area (Å²) in [6, 6.07) is 4.65. The van der Waals surface area contributed by atoms with Crippen molar-refractivity contribution >= 4 is 40.1 Å². The van der Waals surface area contributed by atoms with Gasteiger partial charge in [-0.15, -0.1) is 0 Å². The van der Waals surface area contributed by atoms with Gasteiger partial charge in [-0.25, -0.2) is 9.37 Å². The van der Waals surface area contributed by atoms with E-state index in [1.807, 2.05) is 6.92 Å². The van der Waals surface area contributed by atoms with Crippen molar-refractivity contribution in [1.29, 1.82) is 0 Å². The summed E-state index contributed by atoms with van der Waals surface area (Å²) in [5.74, 6) is -1.01. The van der Waals surface area contributed by atoms with E-state index in [4.69, 9.17) is 17.3 Å². The van der Waals surface area contributed by atoms with Crippen LogP contribution in [-0.2, 0) is 6.18 Å². The lowest BCUT2D eigenvalue weighted by Crippen LogP contribution is -2.20. The molecule has 0 radical (unpaired) electrons. The number of hydrogen-bond donors (Lipinski definition) is 2. The largest absolute Gasteiger partial charge is 0.418 e. The molecule has 2 aromatic rings. The molecule has 1 amide bonds. The average Bonchev–Trinajstić information content (AvgIpc) is 2.67. The van der Waals surface area contributed by atoms with Crippen LogP contribution in [0.4, 0.5) is 23.2 Å². The van der Waals surface area contributed by atoms with Crippen LogP contribution in [0.25, 0.3) is 0 Å². The number of rotatable bonds is 6. The Morgan fingerprint density at radius 2 is 2.00 bits per heavy atom. The predicted octanol–water partition coefficient (Wildman–Crippen LogP) is 5.66. The number of thioether (sulfide) groups is 1. The van der Waals surface area contributed by atoms with E-state index in [0.717, 1.165) is 12.1 Å². The lowest BCUT2D eigenvalue weighted by molar-refractivity contribution is -0.138. The van der Waals surface area contributed by atoms with Gasteiger partial charge in [-0.1, -0.05) is 37.2 Å². The Balaban J connectivity index is 2.37. The highest BCUT2D eigenvalue weighted by atomic mass is 35.5. The number of nitrogens with two attached hydrogens (primary N) is 1. The number of nitrogens with zero attached hydrogens (tertiary/aromatic N) is 2. The number of alkyl halides is 3. The molecule has 3 N–H and O–H groups in total. The zero-order valence-corrected chi connectivity index (χ0v) is 17.6. The van der Waals surface area contributed by atoms with Gasteiger partial charge in [0.25, 0.3) is 5.91 Å². The molecule has 0 saturated heterocycles. The Kier molecular flexibility index (Phi) is 8.08. The molecular formula is C19H19ClF4N4OS. The molecule has 0 bridgehead atoms. The number of benzene rings is 1. The molecule has 1 atom stereocenters. The van der Waals surface area contributed by atoms with Gasteiger partial charge in [0.15, 0.2) is 5.17 Å². The first-order valence-electron chi connectivity index (χ1n) is 8.87. The molecule has 1 aromatic carbocycles. The van der Waals surface area contributed by atoms with Crippen molar-refractivity contribution < 1.29 is 22.4 Å². The summed E-state index contributed by atoms with van der Waals surface area (Å²) in [5, 5.41) is 2.33. The normalized spacial score (nSPS) is 13.2. The summed E-state index contributed by atoms with van der Waals surface area (Å²) < 4.78 is 53.9. The van der Waals surface area contributed by atoms with Crippen LogP contribution in [0.1, 0.15) is 47.9 Å². The molecule has 162 valence electrons. The van der Waals surface area contributed by atoms with Crippen molar-refractivity contribution in [1.82, 2.24) is 4.98 Å². The second-order valence-corrected chi connectivity index (χ2v) is 7.71. The van der Waals surface area contributed by atoms with E-state index in [0.29, 0.717) is 18.2 Å². The molecule has 0 aliphatic carbocycles. The quantitative estimate of drug-likeness (QED) is 0.251. The molecule has 0 fully saturated rings. The number of anilines is 1. The van der Waals surface area contributed by atoms with Crippen molar-refractivity contribution in [3.05, 3.63) is 58.1 Å². The summed E-state index contributed by atoms with van der Waals surface area (Å²) in [4.78, 5) is 20.2. The lowest BCUT2D eigenvalue weighted by Gasteiger charge is -2.15. The Labute approximate surface area is 180 Å². The van der Waals surface area contributed by atoms with Gasteiger partial charge >= 0.3 is 6.18 Å². The summed E-state index contributed by atoms with van der Waals surface area (Å²) >= 11 is 6.96. The lowest BCUT2D eigenvalue weighted by atomic mass is 10.0. The number of carbonyl (C=O) groups is 1. The predicted molar refractivity (Wildman–Crippen MR) is 111 cm³/mol. The highest BCUT2D eigenvalue weighted by molar-refractivity contribution is 8.13. The fourth-order valence-electron chi connectivity index (χ4n) is 2.62. The van der Waals surface area contributed by atoms with Crippen molar-refractivity contribution in [2.45, 2.75) is 32.5 Å². The van der Waals surface area contributed by atoms with Crippen LogP contribution >= 0.6 is 23.4 Å². The number of carbonyl (C=O) groups excluding carboxylic acids is 1. The van der Waals surface area contributed by atoms with Crippen molar-refractivity contribution in [3.8, 4) is 0 Å². The monoisotopic (exact) mass is 462 g/mol. The first-order valence-corrected chi connectivity index (χ1v) is 10.2. The summed E-state index contributed by atoms with van der Waals surface area (Å²) in [5.41, 5.74) is 3.94. The zero-order valence-electron chi connectivity index (χ0n) is 16.1. The Morgan fingerprint density at radius 1 is 1.30 bits per heavy atom. The van der Waals surface area contributed by atoms with Gasteiger partial charge in [0.05, 0.1) is 11.6 Å². The number of hydrogen-bond acceptors (Lipinski definition) is 4. The Bertz CT molecular complexity index is 953. The van der Waals surface area contributed by atoms with Crippen molar-refractivity contribution in [2.24, 2.45) is 10.7 Å². The number of halogens is 5. The molecule has 2 rings (SSSR count). The second kappa shape index (κ2) is 10.1. The van der Waals surface area contributed by atoms with E-state index in [1.54, 1.807) is 6.92 Å². The van der Waals surface area contributed by atoms with E-state index in [2.05, 4.69) is 15.3 Å². The van der Waals surface area contributed by atoms with Crippen LogP contribution in [0, 0.1) is 5.82 Å². The molecule has 0 aliphatic heterocycles. The summed E-state index contributed by atoms with van der Waals surface area (Å²) in [7, 11) is 0. The third kappa shape index (κ3) is 6.09. The maximum absolute atomic E-state index is 14.4. The molecule has 0 saturated carbocycles. The van der Waals surface area contributed by atoms with Crippen LogP contribution in [0.15, 0.2) is 35.3 Å². The number of nitrogens with one attached hydrogen (secondary N) is 1. The minimum Gasteiger partial charge on any atom is -0.379 e. The minimum absolute atomic E-state index is 0.0849. The van der Waals surface area contributed by atoms with Crippen molar-refractivity contribution in [2.75, 3.05) is 11.1 Å². The Morgan fingerprint density at radius 3 is 2.60 bits per heavy atom. The number of aromatic nitrogens is 1. The van der Waals surface area contributed by atoms with Gasteiger partial charge in [0.1, 0.15) is 16.7 Å². The smallest absolute Gasteiger partial charge is 0.379 e. The molecular weight excluding hydrogens is 444 g/mol. The van der Waals surface area contributed by atoms with E-state index < -0.39 is 35.2 Å². The summed E-state index contributed by atoms with van der Waals surface area (Å²) in [6.07, 6.45) is -4.37. The standard InChI is InChI=1S/C19H19ClF4N4OS/c1-3-14(27-18(25)30-4-2)11-9-10(5-7-13(11)21)26-17(29)16-12(19(22,23)24)6-8-15(20)28-16/h5-9,14H,3-4H2,1-2H3,(H2,25,27)(H,26,29). The SMILES string of the molecule is CCSC(N)=NC(CC)c1cc(NC(=O)c2nc(Cl)ccc2C(F)(F)F)ccc1F. The third-order valence-corrected chi connectivity index (χ3v) is 4.86. The highest BCUT2D eigenvalue weighted by Crippen LogP contribution is 2.33. The average molecular weight is 463 g/mol. The van der Waals surface area contributed by atoms with Gasteiger partial charge in [-0.2, -0.15) is 13.2 Å². The van der Waals surface area contributed by atoms with E-state index in [1.165, 1.54) is 23.9 Å². The number of amidine groups is 1.